The van der Waals surface area contributed by atoms with Crippen LogP contribution < -0.4 is 5.32 Å². The van der Waals surface area contributed by atoms with Crippen molar-refractivity contribution in [1.29, 1.82) is 0 Å². The van der Waals surface area contributed by atoms with E-state index in [1.165, 1.54) is 16.7 Å². The van der Waals surface area contributed by atoms with Gasteiger partial charge in [0, 0.05) is 12.6 Å². The number of nitrogens with zero attached hydrogens (tertiary/aromatic N) is 2. The van der Waals surface area contributed by atoms with Crippen LogP contribution in [0.2, 0.25) is 0 Å². The van der Waals surface area contributed by atoms with Crippen LogP contribution >= 0.6 is 0 Å². The second-order valence-electron chi connectivity index (χ2n) is 4.72. The molecule has 2 rings (SSSR count). The molecule has 2 aromatic rings. The maximum Gasteiger partial charge on any atom is 0.160 e. The predicted octanol–water partition coefficient (Wildman–Crippen LogP) is 3.42. The third-order valence-electron chi connectivity index (χ3n) is 3.15. The first-order chi connectivity index (χ1) is 8.52. The van der Waals surface area contributed by atoms with E-state index in [1.54, 1.807) is 0 Å². The fraction of sp³-hybridized carbons (Fsp3) is 0.333. The summed E-state index contributed by atoms with van der Waals surface area (Å²) in [6, 6.07) is 4.35. The van der Waals surface area contributed by atoms with Crippen molar-refractivity contribution >= 4 is 5.69 Å². The molecule has 0 saturated carbocycles. The Balaban J connectivity index is 2.59. The highest BCUT2D eigenvalue weighted by atomic mass is 14.9. The lowest BCUT2D eigenvalue weighted by Crippen LogP contribution is -2.00. The monoisotopic (exact) mass is 241 g/mol. The molecule has 18 heavy (non-hydrogen) atoms. The molecule has 0 radical (unpaired) electrons. The summed E-state index contributed by atoms with van der Waals surface area (Å²) in [6.45, 7) is 8.33. The van der Waals surface area contributed by atoms with E-state index in [0.29, 0.717) is 0 Å². The Morgan fingerprint density at radius 3 is 2.11 bits per heavy atom. The molecule has 1 N–H and O–H groups in total. The van der Waals surface area contributed by atoms with Crippen molar-refractivity contribution in [2.45, 2.75) is 27.7 Å². The van der Waals surface area contributed by atoms with Gasteiger partial charge in [0.15, 0.2) is 5.82 Å². The van der Waals surface area contributed by atoms with Crippen LogP contribution in [0.5, 0.6) is 0 Å². The molecular formula is C15H19N3. The van der Waals surface area contributed by atoms with E-state index >= 15 is 0 Å². The zero-order chi connectivity index (χ0) is 13.3. The van der Waals surface area contributed by atoms with Crippen molar-refractivity contribution in [3.05, 3.63) is 40.7 Å². The van der Waals surface area contributed by atoms with Gasteiger partial charge < -0.3 is 5.32 Å². The van der Waals surface area contributed by atoms with Crippen LogP contribution in [0.4, 0.5) is 5.69 Å². The number of aryl methyl sites for hydroxylation is 4. The summed E-state index contributed by atoms with van der Waals surface area (Å²) in [6.07, 6.45) is 1.84. The van der Waals surface area contributed by atoms with Crippen LogP contribution in [-0.2, 0) is 0 Å². The van der Waals surface area contributed by atoms with Crippen LogP contribution in [0.15, 0.2) is 18.3 Å². The second kappa shape index (κ2) is 4.77. The number of rotatable bonds is 2. The summed E-state index contributed by atoms with van der Waals surface area (Å²) < 4.78 is 0. The molecule has 94 valence electrons. The summed E-state index contributed by atoms with van der Waals surface area (Å²) in [7, 11) is 1.88. The highest BCUT2D eigenvalue weighted by molar-refractivity contribution is 5.66. The van der Waals surface area contributed by atoms with Crippen molar-refractivity contribution in [1.82, 2.24) is 9.97 Å². The normalized spacial score (nSPS) is 10.5. The van der Waals surface area contributed by atoms with E-state index in [2.05, 4.69) is 48.2 Å². The van der Waals surface area contributed by atoms with E-state index in [1.807, 2.05) is 20.2 Å². The molecule has 0 spiro atoms. The Hall–Kier alpha value is -1.90. The first-order valence-corrected chi connectivity index (χ1v) is 6.12. The second-order valence-corrected chi connectivity index (χ2v) is 4.72. The summed E-state index contributed by atoms with van der Waals surface area (Å²) in [4.78, 5) is 9.05. The number of hydrogen-bond donors (Lipinski definition) is 1. The first-order valence-electron chi connectivity index (χ1n) is 6.12. The Morgan fingerprint density at radius 1 is 1.00 bits per heavy atom. The van der Waals surface area contributed by atoms with E-state index < -0.39 is 0 Å². The zero-order valence-corrected chi connectivity index (χ0v) is 11.6. The smallest absolute Gasteiger partial charge is 0.160 e. The van der Waals surface area contributed by atoms with Crippen molar-refractivity contribution in [3.8, 4) is 11.4 Å². The molecule has 0 aliphatic heterocycles. The van der Waals surface area contributed by atoms with Gasteiger partial charge in [-0.25, -0.2) is 9.97 Å². The maximum atomic E-state index is 4.59. The molecule has 0 fully saturated rings. The summed E-state index contributed by atoms with van der Waals surface area (Å²) in [5.74, 6) is 0.807. The number of nitrogens with one attached hydrogen (secondary N) is 1. The van der Waals surface area contributed by atoms with E-state index in [9.17, 15) is 0 Å². The number of aromatic nitrogens is 2. The molecular weight excluding hydrogens is 222 g/mol. The molecule has 3 heteroatoms. The molecule has 0 bridgehead atoms. The quantitative estimate of drug-likeness (QED) is 0.875. The Kier molecular flexibility index (Phi) is 3.32. The fourth-order valence-electron chi connectivity index (χ4n) is 2.37. The summed E-state index contributed by atoms with van der Waals surface area (Å²) >= 11 is 0. The standard InChI is InChI=1S/C15H19N3/c1-9-6-10(2)14(11(3)7-9)15-17-8-13(16-5)12(4)18-15/h6-8,16H,1-5H3. The van der Waals surface area contributed by atoms with Gasteiger partial charge in [0.05, 0.1) is 17.6 Å². The predicted molar refractivity (Wildman–Crippen MR) is 76.0 cm³/mol. The van der Waals surface area contributed by atoms with Gasteiger partial charge in [-0.3, -0.25) is 0 Å². The van der Waals surface area contributed by atoms with Gasteiger partial charge in [-0.05, 0) is 38.8 Å². The van der Waals surface area contributed by atoms with Gasteiger partial charge in [-0.2, -0.15) is 0 Å². The Bertz CT molecular complexity index is 565. The first kappa shape index (κ1) is 12.6. The fourth-order valence-corrected chi connectivity index (χ4v) is 2.37. The van der Waals surface area contributed by atoms with Gasteiger partial charge in [0.25, 0.3) is 0 Å². The average Bonchev–Trinajstić information content (AvgIpc) is 2.27. The van der Waals surface area contributed by atoms with Gasteiger partial charge in [-0.1, -0.05) is 17.7 Å². The lowest BCUT2D eigenvalue weighted by molar-refractivity contribution is 1.10. The molecule has 1 aromatic carbocycles. The number of anilines is 1. The highest BCUT2D eigenvalue weighted by Crippen LogP contribution is 2.26. The molecule has 0 saturated heterocycles. The minimum absolute atomic E-state index is 0.807. The summed E-state index contributed by atoms with van der Waals surface area (Å²) in [5, 5.41) is 3.09. The van der Waals surface area contributed by atoms with Crippen LogP contribution in [0.25, 0.3) is 11.4 Å². The molecule has 1 aromatic heterocycles. The molecule has 0 atom stereocenters. The van der Waals surface area contributed by atoms with Crippen molar-refractivity contribution < 1.29 is 0 Å². The zero-order valence-electron chi connectivity index (χ0n) is 11.6. The topological polar surface area (TPSA) is 37.8 Å². The molecule has 0 unspecified atom stereocenters. The van der Waals surface area contributed by atoms with Crippen LogP contribution in [0, 0.1) is 27.7 Å². The molecule has 3 nitrogen and oxygen atoms in total. The molecule has 0 aliphatic rings. The minimum Gasteiger partial charge on any atom is -0.385 e. The molecule has 0 amide bonds. The Labute approximate surface area is 108 Å². The van der Waals surface area contributed by atoms with Gasteiger partial charge in [0.2, 0.25) is 0 Å². The lowest BCUT2D eigenvalue weighted by atomic mass is 9.99. The summed E-state index contributed by atoms with van der Waals surface area (Å²) in [5.41, 5.74) is 6.82. The SMILES string of the molecule is CNc1cnc(-c2c(C)cc(C)cc2C)nc1C. The van der Waals surface area contributed by atoms with Crippen molar-refractivity contribution in [3.63, 3.8) is 0 Å². The largest absolute Gasteiger partial charge is 0.385 e. The van der Waals surface area contributed by atoms with Crippen molar-refractivity contribution in [2.75, 3.05) is 12.4 Å². The van der Waals surface area contributed by atoms with Gasteiger partial charge in [-0.15, -0.1) is 0 Å². The molecule has 1 heterocycles. The lowest BCUT2D eigenvalue weighted by Gasteiger charge is -2.12. The Morgan fingerprint density at radius 2 is 1.61 bits per heavy atom. The van der Waals surface area contributed by atoms with Crippen LogP contribution in [-0.4, -0.2) is 17.0 Å². The van der Waals surface area contributed by atoms with E-state index in [4.69, 9.17) is 0 Å². The van der Waals surface area contributed by atoms with Gasteiger partial charge >= 0.3 is 0 Å². The third kappa shape index (κ3) is 2.21. The maximum absolute atomic E-state index is 4.59. The van der Waals surface area contributed by atoms with Gasteiger partial charge in [0.1, 0.15) is 0 Å². The number of hydrogen-bond acceptors (Lipinski definition) is 3. The van der Waals surface area contributed by atoms with Crippen LogP contribution in [0.1, 0.15) is 22.4 Å². The number of benzene rings is 1. The van der Waals surface area contributed by atoms with E-state index in [-0.39, 0.29) is 0 Å². The molecule has 0 aliphatic carbocycles. The highest BCUT2D eigenvalue weighted by Gasteiger charge is 2.10. The van der Waals surface area contributed by atoms with Crippen molar-refractivity contribution in [2.24, 2.45) is 0 Å². The average molecular weight is 241 g/mol. The van der Waals surface area contributed by atoms with E-state index in [0.717, 1.165) is 22.8 Å². The minimum atomic E-state index is 0.807. The third-order valence-corrected chi connectivity index (χ3v) is 3.15. The van der Waals surface area contributed by atoms with Crippen LogP contribution in [0.3, 0.4) is 0 Å².